The van der Waals surface area contributed by atoms with Gasteiger partial charge in [-0.15, -0.1) is 0 Å². The Balaban J connectivity index is 1.41. The lowest BCUT2D eigenvalue weighted by atomic mass is 9.81. The molecule has 0 fully saturated rings. The second-order valence-corrected chi connectivity index (χ2v) is 13.2. The lowest BCUT2D eigenvalue weighted by molar-refractivity contribution is 1.62. The Kier molecular flexibility index (Phi) is 6.60. The van der Waals surface area contributed by atoms with E-state index in [-0.39, 0.29) is 0 Å². The van der Waals surface area contributed by atoms with Gasteiger partial charge >= 0.3 is 0 Å². The van der Waals surface area contributed by atoms with Crippen LogP contribution in [0.15, 0.2) is 194 Å². The van der Waals surface area contributed by atoms with Gasteiger partial charge in [0, 0.05) is 0 Å². The van der Waals surface area contributed by atoms with Crippen molar-refractivity contribution in [3.63, 3.8) is 0 Å². The minimum Gasteiger partial charge on any atom is -0.0622 e. The second-order valence-electron chi connectivity index (χ2n) is 13.2. The Labute approximate surface area is 291 Å². The molecule has 50 heavy (non-hydrogen) atoms. The number of fused-ring (bicyclic) bond motifs is 6. The van der Waals surface area contributed by atoms with Crippen LogP contribution >= 0.6 is 0 Å². The van der Waals surface area contributed by atoms with Gasteiger partial charge in [0.2, 0.25) is 0 Å². The summed E-state index contributed by atoms with van der Waals surface area (Å²) >= 11 is 0. The summed E-state index contributed by atoms with van der Waals surface area (Å²) in [6.45, 7) is 0. The molecular formula is C50H32. The standard InChI is InChI=1S/C50H32/c1-3-15-33(16-4-1)37-27-28-44-47(31-37)50(46-32-38-21-9-10-22-39(38)40-23-11-12-24-41(40)46)43-26-14-13-25-42(43)49(44)48-30-36-20-8-7-19-35(36)29-45(48)34-17-5-2-6-18-34/h1-32H. The zero-order valence-corrected chi connectivity index (χ0v) is 27.5. The molecule has 0 aromatic heterocycles. The first-order valence-corrected chi connectivity index (χ1v) is 17.4. The van der Waals surface area contributed by atoms with Crippen molar-refractivity contribution in [2.45, 2.75) is 0 Å². The van der Waals surface area contributed by atoms with Crippen LogP contribution in [0.25, 0.3) is 98.4 Å². The normalized spacial score (nSPS) is 11.6. The molecule has 10 rings (SSSR count). The minimum atomic E-state index is 1.22. The Hall–Kier alpha value is -6.50. The SMILES string of the molecule is c1ccc(-c2ccc3c(-c4cc5ccccc5cc4-c4ccccc4)c4ccccc4c(-c4cc5ccccc5c5ccccc45)c3c2)cc1. The maximum absolute atomic E-state index is 2.43. The van der Waals surface area contributed by atoms with Crippen molar-refractivity contribution in [3.8, 4) is 44.5 Å². The second kappa shape index (κ2) is 11.6. The fraction of sp³-hybridized carbons (Fsp3) is 0. The molecule has 0 radical (unpaired) electrons. The van der Waals surface area contributed by atoms with E-state index in [0.29, 0.717) is 0 Å². The molecule has 0 spiro atoms. The summed E-state index contributed by atoms with van der Waals surface area (Å²) in [7, 11) is 0. The molecule has 0 heterocycles. The van der Waals surface area contributed by atoms with E-state index >= 15 is 0 Å². The average molecular weight is 633 g/mol. The van der Waals surface area contributed by atoms with Gasteiger partial charge in [0.1, 0.15) is 0 Å². The molecule has 0 heteroatoms. The molecule has 0 N–H and O–H groups in total. The molecule has 0 saturated carbocycles. The van der Waals surface area contributed by atoms with Gasteiger partial charge in [-0.1, -0.05) is 170 Å². The van der Waals surface area contributed by atoms with Crippen molar-refractivity contribution in [1.82, 2.24) is 0 Å². The molecule has 0 saturated heterocycles. The van der Waals surface area contributed by atoms with E-state index in [1.54, 1.807) is 0 Å². The van der Waals surface area contributed by atoms with E-state index in [4.69, 9.17) is 0 Å². The summed E-state index contributed by atoms with van der Waals surface area (Å²) < 4.78 is 0. The molecule has 10 aromatic carbocycles. The first kappa shape index (κ1) is 28.5. The van der Waals surface area contributed by atoms with E-state index in [1.807, 2.05) is 0 Å². The highest BCUT2D eigenvalue weighted by molar-refractivity contribution is 6.27. The third-order valence-electron chi connectivity index (χ3n) is 10.4. The number of hydrogen-bond acceptors (Lipinski definition) is 0. The molecule has 0 aliphatic rings. The molecule has 0 bridgehead atoms. The van der Waals surface area contributed by atoms with Crippen molar-refractivity contribution in [3.05, 3.63) is 194 Å². The number of benzene rings is 10. The van der Waals surface area contributed by atoms with Gasteiger partial charge in [0.05, 0.1) is 0 Å². The van der Waals surface area contributed by atoms with Gasteiger partial charge in [0.15, 0.2) is 0 Å². The first-order valence-electron chi connectivity index (χ1n) is 17.4. The van der Waals surface area contributed by atoms with Crippen molar-refractivity contribution in [2.24, 2.45) is 0 Å². The summed E-state index contributed by atoms with van der Waals surface area (Å²) in [6.07, 6.45) is 0. The maximum Gasteiger partial charge on any atom is -0.00197 e. The zero-order valence-electron chi connectivity index (χ0n) is 27.5. The van der Waals surface area contributed by atoms with Crippen molar-refractivity contribution < 1.29 is 0 Å². The third kappa shape index (κ3) is 4.54. The topological polar surface area (TPSA) is 0 Å². The average Bonchev–Trinajstić information content (AvgIpc) is 3.19. The monoisotopic (exact) mass is 632 g/mol. The summed E-state index contributed by atoms with van der Waals surface area (Å²) in [5, 5.41) is 12.6. The summed E-state index contributed by atoms with van der Waals surface area (Å²) in [4.78, 5) is 0. The van der Waals surface area contributed by atoms with Crippen molar-refractivity contribution in [1.29, 1.82) is 0 Å². The highest BCUT2D eigenvalue weighted by Gasteiger charge is 2.22. The Bertz CT molecular complexity index is 2900. The summed E-state index contributed by atoms with van der Waals surface area (Å²) in [5.41, 5.74) is 9.96. The van der Waals surface area contributed by atoms with Crippen molar-refractivity contribution >= 4 is 53.9 Å². The van der Waals surface area contributed by atoms with Crippen LogP contribution in [0.4, 0.5) is 0 Å². The van der Waals surface area contributed by atoms with Gasteiger partial charge < -0.3 is 0 Å². The van der Waals surface area contributed by atoms with Crippen LogP contribution in [0.5, 0.6) is 0 Å². The van der Waals surface area contributed by atoms with Gasteiger partial charge in [0.25, 0.3) is 0 Å². The van der Waals surface area contributed by atoms with E-state index in [1.165, 1.54) is 98.4 Å². The highest BCUT2D eigenvalue weighted by Crippen LogP contribution is 2.49. The largest absolute Gasteiger partial charge is 0.0622 e. The summed E-state index contributed by atoms with van der Waals surface area (Å²) in [5.74, 6) is 0. The first-order chi connectivity index (χ1) is 24.8. The van der Waals surface area contributed by atoms with Crippen LogP contribution < -0.4 is 0 Å². The van der Waals surface area contributed by atoms with Gasteiger partial charge in [-0.2, -0.15) is 0 Å². The lowest BCUT2D eigenvalue weighted by Crippen LogP contribution is -1.95. The molecule has 0 unspecified atom stereocenters. The van der Waals surface area contributed by atoms with Crippen LogP contribution in [0.1, 0.15) is 0 Å². The predicted molar refractivity (Wildman–Crippen MR) is 216 cm³/mol. The predicted octanol–water partition coefficient (Wildman–Crippen LogP) is 14.1. The van der Waals surface area contributed by atoms with E-state index < -0.39 is 0 Å². The van der Waals surface area contributed by atoms with Crippen LogP contribution in [0.3, 0.4) is 0 Å². The molecule has 10 aromatic rings. The Morgan fingerprint density at radius 1 is 0.200 bits per heavy atom. The van der Waals surface area contributed by atoms with Crippen LogP contribution in [0, 0.1) is 0 Å². The van der Waals surface area contributed by atoms with E-state index in [9.17, 15) is 0 Å². The summed E-state index contributed by atoms with van der Waals surface area (Å²) in [6, 6.07) is 71.5. The molecule has 0 aliphatic carbocycles. The molecule has 0 aliphatic heterocycles. The maximum atomic E-state index is 2.43. The molecule has 232 valence electrons. The van der Waals surface area contributed by atoms with Gasteiger partial charge in [-0.05, 0) is 123 Å². The van der Waals surface area contributed by atoms with Crippen LogP contribution in [0.2, 0.25) is 0 Å². The minimum absolute atomic E-state index is 1.22. The quantitative estimate of drug-likeness (QED) is 0.134. The highest BCUT2D eigenvalue weighted by atomic mass is 14.2. The molecule has 0 atom stereocenters. The van der Waals surface area contributed by atoms with Gasteiger partial charge in [-0.3, -0.25) is 0 Å². The number of hydrogen-bond donors (Lipinski definition) is 0. The number of rotatable bonds is 4. The molecular weight excluding hydrogens is 601 g/mol. The molecule has 0 nitrogen and oxygen atoms in total. The lowest BCUT2D eigenvalue weighted by Gasteiger charge is -2.22. The Morgan fingerprint density at radius 2 is 0.660 bits per heavy atom. The third-order valence-corrected chi connectivity index (χ3v) is 10.4. The van der Waals surface area contributed by atoms with Crippen LogP contribution in [-0.4, -0.2) is 0 Å². The Morgan fingerprint density at radius 3 is 1.34 bits per heavy atom. The van der Waals surface area contributed by atoms with E-state index in [2.05, 4.69) is 194 Å². The van der Waals surface area contributed by atoms with Crippen LogP contribution in [-0.2, 0) is 0 Å². The fourth-order valence-corrected chi connectivity index (χ4v) is 8.13. The smallest absolute Gasteiger partial charge is 0.00197 e. The van der Waals surface area contributed by atoms with E-state index in [0.717, 1.165) is 0 Å². The molecule has 0 amide bonds. The zero-order chi connectivity index (χ0) is 33.0. The van der Waals surface area contributed by atoms with Crippen molar-refractivity contribution in [2.75, 3.05) is 0 Å². The van der Waals surface area contributed by atoms with Gasteiger partial charge in [-0.25, -0.2) is 0 Å². The fourth-order valence-electron chi connectivity index (χ4n) is 8.13.